The fourth-order valence-corrected chi connectivity index (χ4v) is 1.15. The molecule has 1 aromatic heterocycles. The molecular weight excluding hydrogens is 174 g/mol. The molecule has 0 amide bonds. The lowest BCUT2D eigenvalue weighted by atomic mass is 9.85. The fourth-order valence-electron chi connectivity index (χ4n) is 1.15. The van der Waals surface area contributed by atoms with Crippen molar-refractivity contribution in [3.63, 3.8) is 0 Å². The van der Waals surface area contributed by atoms with Crippen LogP contribution in [0.15, 0.2) is 12.4 Å². The number of nitrogens with zero attached hydrogens (tertiary/aromatic N) is 2. The van der Waals surface area contributed by atoms with Gasteiger partial charge in [0.2, 0.25) is 0 Å². The summed E-state index contributed by atoms with van der Waals surface area (Å²) in [7, 11) is 0. The third-order valence-electron chi connectivity index (χ3n) is 2.40. The minimum Gasteiger partial charge on any atom is -0.327 e. The van der Waals surface area contributed by atoms with Crippen LogP contribution in [0.2, 0.25) is 0 Å². The lowest BCUT2D eigenvalue weighted by Crippen LogP contribution is -2.37. The number of aryl methyl sites for hydroxylation is 1. The van der Waals surface area contributed by atoms with E-state index in [1.54, 1.807) is 6.33 Å². The molecule has 0 aliphatic carbocycles. The Morgan fingerprint density at radius 3 is 2.50 bits per heavy atom. The third-order valence-corrected chi connectivity index (χ3v) is 2.40. The minimum absolute atomic E-state index is 0.124. The van der Waals surface area contributed by atoms with E-state index in [2.05, 4.69) is 30.7 Å². The second kappa shape index (κ2) is 4.05. The van der Waals surface area contributed by atoms with Gasteiger partial charge < -0.3 is 5.73 Å². The monoisotopic (exact) mass is 193 g/mol. The van der Waals surface area contributed by atoms with Gasteiger partial charge >= 0.3 is 0 Å². The summed E-state index contributed by atoms with van der Waals surface area (Å²) in [6.45, 7) is 8.40. The van der Waals surface area contributed by atoms with E-state index in [0.717, 1.165) is 17.8 Å². The van der Waals surface area contributed by atoms with Crippen LogP contribution in [-0.4, -0.2) is 16.0 Å². The maximum absolute atomic E-state index is 6.07. The van der Waals surface area contributed by atoms with Crippen LogP contribution in [0.1, 0.15) is 32.2 Å². The van der Waals surface area contributed by atoms with Crippen molar-refractivity contribution >= 4 is 0 Å². The molecule has 0 bridgehead atoms. The summed E-state index contributed by atoms with van der Waals surface area (Å²) in [5, 5.41) is 0. The number of aromatic nitrogens is 2. The van der Waals surface area contributed by atoms with E-state index in [1.165, 1.54) is 0 Å². The summed E-state index contributed by atoms with van der Waals surface area (Å²) in [4.78, 5) is 8.26. The van der Waals surface area contributed by atoms with Crippen LogP contribution in [0.5, 0.6) is 0 Å². The van der Waals surface area contributed by atoms with Crippen LogP contribution >= 0.6 is 0 Å². The number of hydrogen-bond acceptors (Lipinski definition) is 3. The molecule has 0 fully saturated rings. The van der Waals surface area contributed by atoms with Gasteiger partial charge in [-0.15, -0.1) is 0 Å². The molecule has 0 aliphatic heterocycles. The lowest BCUT2D eigenvalue weighted by Gasteiger charge is -2.26. The van der Waals surface area contributed by atoms with Gasteiger partial charge in [0, 0.05) is 23.9 Å². The van der Waals surface area contributed by atoms with Gasteiger partial charge in [0.1, 0.15) is 6.33 Å². The Morgan fingerprint density at radius 1 is 1.36 bits per heavy atom. The average molecular weight is 193 g/mol. The molecule has 1 atom stereocenters. The number of rotatable bonds is 2. The predicted molar refractivity (Wildman–Crippen MR) is 57.9 cm³/mol. The van der Waals surface area contributed by atoms with E-state index in [-0.39, 0.29) is 11.5 Å². The topological polar surface area (TPSA) is 51.8 Å². The molecule has 1 rings (SSSR count). The SMILES string of the molecule is Cc1cc(CC(N)C(C)(C)C)ncn1. The van der Waals surface area contributed by atoms with Crippen molar-refractivity contribution in [2.24, 2.45) is 11.1 Å². The average Bonchev–Trinajstić information content (AvgIpc) is 2.02. The van der Waals surface area contributed by atoms with Gasteiger partial charge in [-0.05, 0) is 18.4 Å². The standard InChI is InChI=1S/C11H19N3/c1-8-5-9(14-7-13-8)6-10(12)11(2,3)4/h5,7,10H,6,12H2,1-4H3. The second-order valence-electron chi connectivity index (χ2n) is 4.83. The van der Waals surface area contributed by atoms with Crippen LogP contribution in [-0.2, 0) is 6.42 Å². The van der Waals surface area contributed by atoms with Crippen molar-refractivity contribution < 1.29 is 0 Å². The summed E-state index contributed by atoms with van der Waals surface area (Å²) in [5.74, 6) is 0. The summed E-state index contributed by atoms with van der Waals surface area (Å²) >= 11 is 0. The normalized spacial score (nSPS) is 14.1. The number of nitrogens with two attached hydrogens (primary N) is 1. The summed E-state index contributed by atoms with van der Waals surface area (Å²) < 4.78 is 0. The third kappa shape index (κ3) is 3.07. The highest BCUT2D eigenvalue weighted by Crippen LogP contribution is 2.19. The Bertz CT molecular complexity index is 302. The molecule has 1 aromatic rings. The van der Waals surface area contributed by atoms with Crippen LogP contribution in [0, 0.1) is 12.3 Å². The predicted octanol–water partition coefficient (Wildman–Crippen LogP) is 1.70. The van der Waals surface area contributed by atoms with Gasteiger partial charge in [0.15, 0.2) is 0 Å². The largest absolute Gasteiger partial charge is 0.327 e. The van der Waals surface area contributed by atoms with Gasteiger partial charge in [-0.3, -0.25) is 0 Å². The zero-order valence-electron chi connectivity index (χ0n) is 9.41. The molecule has 3 heteroatoms. The Hall–Kier alpha value is -0.960. The Balaban J connectivity index is 2.70. The van der Waals surface area contributed by atoms with E-state index in [9.17, 15) is 0 Å². The van der Waals surface area contributed by atoms with Gasteiger partial charge in [-0.25, -0.2) is 9.97 Å². The molecule has 0 aliphatic rings. The van der Waals surface area contributed by atoms with Crippen LogP contribution < -0.4 is 5.73 Å². The molecule has 1 unspecified atom stereocenters. The Morgan fingerprint density at radius 2 is 2.00 bits per heavy atom. The van der Waals surface area contributed by atoms with Crippen molar-refractivity contribution in [3.05, 3.63) is 23.8 Å². The molecule has 1 heterocycles. The molecular formula is C11H19N3. The van der Waals surface area contributed by atoms with Crippen molar-refractivity contribution in [2.75, 3.05) is 0 Å². The molecule has 0 spiro atoms. The lowest BCUT2D eigenvalue weighted by molar-refractivity contribution is 0.316. The van der Waals surface area contributed by atoms with Crippen LogP contribution in [0.25, 0.3) is 0 Å². The van der Waals surface area contributed by atoms with Crippen molar-refractivity contribution in [3.8, 4) is 0 Å². The molecule has 78 valence electrons. The van der Waals surface area contributed by atoms with Gasteiger partial charge in [-0.1, -0.05) is 20.8 Å². The van der Waals surface area contributed by atoms with E-state index < -0.39 is 0 Å². The first kappa shape index (κ1) is 11.1. The first-order chi connectivity index (χ1) is 6.39. The maximum Gasteiger partial charge on any atom is 0.115 e. The minimum atomic E-state index is 0.124. The van der Waals surface area contributed by atoms with E-state index in [0.29, 0.717) is 0 Å². The van der Waals surface area contributed by atoms with Crippen molar-refractivity contribution in [2.45, 2.75) is 40.2 Å². The van der Waals surface area contributed by atoms with Crippen molar-refractivity contribution in [1.29, 1.82) is 0 Å². The molecule has 0 saturated carbocycles. The number of hydrogen-bond donors (Lipinski definition) is 1. The zero-order chi connectivity index (χ0) is 10.8. The molecule has 0 radical (unpaired) electrons. The summed E-state index contributed by atoms with van der Waals surface area (Å²) in [6.07, 6.45) is 2.41. The summed E-state index contributed by atoms with van der Waals surface area (Å²) in [5.41, 5.74) is 8.22. The van der Waals surface area contributed by atoms with Gasteiger partial charge in [0.05, 0.1) is 0 Å². The maximum atomic E-state index is 6.07. The smallest absolute Gasteiger partial charge is 0.115 e. The van der Waals surface area contributed by atoms with Crippen molar-refractivity contribution in [1.82, 2.24) is 9.97 Å². The first-order valence-electron chi connectivity index (χ1n) is 4.92. The molecule has 2 N–H and O–H groups in total. The Labute approximate surface area is 85.8 Å². The van der Waals surface area contributed by atoms with Gasteiger partial charge in [0.25, 0.3) is 0 Å². The highest BCUT2D eigenvalue weighted by atomic mass is 14.8. The molecule has 0 aromatic carbocycles. The molecule has 0 saturated heterocycles. The quantitative estimate of drug-likeness (QED) is 0.777. The second-order valence-corrected chi connectivity index (χ2v) is 4.83. The van der Waals surface area contributed by atoms with E-state index >= 15 is 0 Å². The van der Waals surface area contributed by atoms with Crippen LogP contribution in [0.3, 0.4) is 0 Å². The van der Waals surface area contributed by atoms with Gasteiger partial charge in [-0.2, -0.15) is 0 Å². The Kier molecular flexibility index (Phi) is 3.21. The van der Waals surface area contributed by atoms with E-state index in [1.807, 2.05) is 13.0 Å². The molecule has 14 heavy (non-hydrogen) atoms. The molecule has 3 nitrogen and oxygen atoms in total. The fraction of sp³-hybridized carbons (Fsp3) is 0.636. The van der Waals surface area contributed by atoms with Crippen LogP contribution in [0.4, 0.5) is 0 Å². The zero-order valence-corrected chi connectivity index (χ0v) is 9.41. The highest BCUT2D eigenvalue weighted by Gasteiger charge is 2.21. The highest BCUT2D eigenvalue weighted by molar-refractivity contribution is 5.08. The van der Waals surface area contributed by atoms with E-state index in [4.69, 9.17) is 5.73 Å². The summed E-state index contributed by atoms with van der Waals surface area (Å²) in [6, 6.07) is 2.13. The first-order valence-corrected chi connectivity index (χ1v) is 4.92.